The molecule has 0 aliphatic carbocycles. The summed E-state index contributed by atoms with van der Waals surface area (Å²) in [6.45, 7) is 0. The van der Waals surface area contributed by atoms with E-state index in [1.54, 1.807) is 30.6 Å². The molecule has 116 valence electrons. The number of nitrogens with zero attached hydrogens (tertiary/aromatic N) is 2. The average Bonchev–Trinajstić information content (AvgIpc) is 3.10. The van der Waals surface area contributed by atoms with Crippen molar-refractivity contribution < 1.29 is 14.0 Å². The Hall–Kier alpha value is -3.36. The van der Waals surface area contributed by atoms with Gasteiger partial charge in [-0.25, -0.2) is 9.78 Å². The van der Waals surface area contributed by atoms with Gasteiger partial charge in [0.05, 0.1) is 12.3 Å². The van der Waals surface area contributed by atoms with Crippen LogP contribution in [-0.2, 0) is 4.79 Å². The highest BCUT2D eigenvalue weighted by molar-refractivity contribution is 6.04. The van der Waals surface area contributed by atoms with Crippen molar-refractivity contribution in [3.63, 3.8) is 0 Å². The first kappa shape index (κ1) is 13.3. The van der Waals surface area contributed by atoms with E-state index in [9.17, 15) is 9.59 Å². The standard InChI is InChI=1S/C14H12N6O3/c21-13-12(19-14(22)20-13)10-5-8-9(23-10)1-2-11(18-8)17-7-3-4-15-16-6-7/h1-7,12,15H,(H,17,18)(H2,19,20,21,22). The van der Waals surface area contributed by atoms with Crippen LogP contribution in [0.3, 0.4) is 0 Å². The Labute approximate surface area is 129 Å². The van der Waals surface area contributed by atoms with E-state index in [0.717, 1.165) is 0 Å². The number of fused-ring (bicyclic) bond motifs is 1. The molecule has 0 saturated carbocycles. The number of carbonyl (C=O) groups is 2. The highest BCUT2D eigenvalue weighted by Gasteiger charge is 2.33. The first-order chi connectivity index (χ1) is 11.2. The number of furan rings is 1. The molecular weight excluding hydrogens is 300 g/mol. The Morgan fingerprint density at radius 2 is 2.17 bits per heavy atom. The number of urea groups is 1. The summed E-state index contributed by atoms with van der Waals surface area (Å²) in [7, 11) is 0. The number of rotatable bonds is 3. The first-order valence-electron chi connectivity index (χ1n) is 6.93. The molecule has 2 aliphatic heterocycles. The van der Waals surface area contributed by atoms with Crippen molar-refractivity contribution >= 4 is 35.1 Å². The number of carbonyl (C=O) groups excluding carboxylic acids is 2. The Morgan fingerprint density at radius 1 is 1.26 bits per heavy atom. The largest absolute Gasteiger partial charge is 0.457 e. The fourth-order valence-corrected chi connectivity index (χ4v) is 2.40. The molecule has 3 amide bonds. The molecule has 4 heterocycles. The summed E-state index contributed by atoms with van der Waals surface area (Å²) in [4.78, 5) is 27.3. The minimum absolute atomic E-state index is 0.0625. The van der Waals surface area contributed by atoms with E-state index >= 15 is 0 Å². The van der Waals surface area contributed by atoms with Crippen molar-refractivity contribution in [2.45, 2.75) is 12.1 Å². The maximum absolute atomic E-state index is 11.7. The Bertz CT molecular complexity index is 843. The van der Waals surface area contributed by atoms with E-state index in [4.69, 9.17) is 4.42 Å². The summed E-state index contributed by atoms with van der Waals surface area (Å²) in [5, 5.41) is 11.8. The maximum atomic E-state index is 11.7. The third kappa shape index (κ3) is 2.48. The Balaban J connectivity index is 1.60. The van der Waals surface area contributed by atoms with E-state index < -0.39 is 18.0 Å². The molecule has 9 heteroatoms. The second kappa shape index (κ2) is 5.13. The highest BCUT2D eigenvalue weighted by Crippen LogP contribution is 2.25. The number of hydrogen-bond donors (Lipinski definition) is 4. The number of amides is 3. The van der Waals surface area contributed by atoms with Gasteiger partial charge in [0.15, 0.2) is 11.6 Å². The van der Waals surface area contributed by atoms with Crippen molar-refractivity contribution in [1.29, 1.82) is 0 Å². The molecule has 4 N–H and O–H groups in total. The summed E-state index contributed by atoms with van der Waals surface area (Å²) in [6.07, 6.45) is 5.34. The van der Waals surface area contributed by atoms with Crippen molar-refractivity contribution in [1.82, 2.24) is 21.0 Å². The van der Waals surface area contributed by atoms with Crippen LogP contribution in [0.1, 0.15) is 11.8 Å². The normalized spacial score (nSPS) is 22.8. The molecule has 1 fully saturated rings. The quantitative estimate of drug-likeness (QED) is 0.616. The average molecular weight is 312 g/mol. The van der Waals surface area contributed by atoms with Crippen molar-refractivity contribution in [2.75, 3.05) is 5.32 Å². The van der Waals surface area contributed by atoms with Gasteiger partial charge in [0.1, 0.15) is 17.1 Å². The van der Waals surface area contributed by atoms with Gasteiger partial charge in [0.2, 0.25) is 0 Å². The molecule has 0 radical (unpaired) electrons. The van der Waals surface area contributed by atoms with E-state index in [1.165, 1.54) is 0 Å². The number of aromatic nitrogens is 1. The molecular formula is C14H12N6O3. The third-order valence-corrected chi connectivity index (χ3v) is 3.45. The molecule has 2 aromatic rings. The van der Waals surface area contributed by atoms with Crippen LogP contribution >= 0.6 is 0 Å². The summed E-state index contributed by atoms with van der Waals surface area (Å²) < 4.78 is 5.60. The second-order valence-electron chi connectivity index (χ2n) is 5.06. The fourth-order valence-electron chi connectivity index (χ4n) is 2.40. The predicted octanol–water partition coefficient (Wildman–Crippen LogP) is 0.591. The predicted molar refractivity (Wildman–Crippen MR) is 81.6 cm³/mol. The van der Waals surface area contributed by atoms with Gasteiger partial charge in [-0.1, -0.05) is 0 Å². The molecule has 0 aromatic carbocycles. The van der Waals surface area contributed by atoms with Gasteiger partial charge in [0, 0.05) is 12.3 Å². The second-order valence-corrected chi connectivity index (χ2v) is 5.06. The van der Waals surface area contributed by atoms with E-state index in [1.807, 2.05) is 6.08 Å². The van der Waals surface area contributed by atoms with Gasteiger partial charge in [-0.05, 0) is 18.2 Å². The lowest BCUT2D eigenvalue weighted by Gasteiger charge is -2.13. The van der Waals surface area contributed by atoms with Gasteiger partial charge < -0.3 is 15.1 Å². The van der Waals surface area contributed by atoms with Crippen LogP contribution in [0.5, 0.6) is 0 Å². The van der Waals surface area contributed by atoms with Crippen molar-refractivity contribution in [3.05, 3.63) is 36.2 Å². The Kier molecular flexibility index (Phi) is 2.97. The molecule has 2 aromatic heterocycles. The van der Waals surface area contributed by atoms with Gasteiger partial charge in [-0.15, -0.1) is 0 Å². The van der Waals surface area contributed by atoms with Crippen LogP contribution in [0.2, 0.25) is 0 Å². The summed E-state index contributed by atoms with van der Waals surface area (Å²) >= 11 is 0. The summed E-state index contributed by atoms with van der Waals surface area (Å²) in [5.41, 5.74) is 3.84. The highest BCUT2D eigenvalue weighted by atomic mass is 16.3. The minimum atomic E-state index is -0.826. The fraction of sp³-hybridized carbons (Fsp3) is 0.143. The molecule has 1 saturated heterocycles. The first-order valence-corrected chi connectivity index (χ1v) is 6.93. The van der Waals surface area contributed by atoms with Crippen LogP contribution in [0.4, 0.5) is 10.6 Å². The zero-order valence-corrected chi connectivity index (χ0v) is 11.7. The molecule has 2 unspecified atom stereocenters. The topological polar surface area (TPSA) is 121 Å². The van der Waals surface area contributed by atoms with E-state index in [2.05, 4.69) is 31.5 Å². The van der Waals surface area contributed by atoms with Crippen LogP contribution in [0, 0.1) is 0 Å². The lowest BCUT2D eigenvalue weighted by Crippen LogP contribution is -2.23. The number of imide groups is 1. The monoisotopic (exact) mass is 312 g/mol. The van der Waals surface area contributed by atoms with Crippen molar-refractivity contribution in [2.24, 2.45) is 5.10 Å². The van der Waals surface area contributed by atoms with Crippen LogP contribution < -0.4 is 21.4 Å². The Morgan fingerprint density at radius 3 is 2.91 bits per heavy atom. The number of nitrogens with one attached hydrogen (secondary N) is 4. The summed E-state index contributed by atoms with van der Waals surface area (Å²) in [6, 6.07) is 3.74. The molecule has 23 heavy (non-hydrogen) atoms. The maximum Gasteiger partial charge on any atom is 0.322 e. The minimum Gasteiger partial charge on any atom is -0.457 e. The van der Waals surface area contributed by atoms with Gasteiger partial charge >= 0.3 is 6.03 Å². The van der Waals surface area contributed by atoms with E-state index in [-0.39, 0.29) is 6.04 Å². The van der Waals surface area contributed by atoms with Gasteiger partial charge in [-0.2, -0.15) is 5.10 Å². The van der Waals surface area contributed by atoms with Crippen LogP contribution in [0.25, 0.3) is 11.1 Å². The van der Waals surface area contributed by atoms with Crippen LogP contribution in [-0.4, -0.2) is 29.2 Å². The van der Waals surface area contributed by atoms with Gasteiger partial charge in [-0.3, -0.25) is 15.5 Å². The van der Waals surface area contributed by atoms with E-state index in [0.29, 0.717) is 22.7 Å². The number of hydrazone groups is 1. The molecule has 9 nitrogen and oxygen atoms in total. The third-order valence-electron chi connectivity index (χ3n) is 3.45. The van der Waals surface area contributed by atoms with Gasteiger partial charge in [0.25, 0.3) is 5.91 Å². The molecule has 0 bridgehead atoms. The lowest BCUT2D eigenvalue weighted by atomic mass is 10.2. The number of hydrogen-bond acceptors (Lipinski definition) is 7. The zero-order chi connectivity index (χ0) is 15.8. The smallest absolute Gasteiger partial charge is 0.322 e. The lowest BCUT2D eigenvalue weighted by molar-refractivity contribution is -0.120. The van der Waals surface area contributed by atoms with Crippen LogP contribution in [0.15, 0.2) is 40.0 Å². The molecule has 0 spiro atoms. The zero-order valence-electron chi connectivity index (χ0n) is 11.7. The summed E-state index contributed by atoms with van der Waals surface area (Å²) in [5.74, 6) is 0.549. The number of anilines is 1. The molecule has 2 aliphatic rings. The SMILES string of the molecule is O=C1NC(=O)C(c2cc3nc(NC4C=CNN=C4)ccc3o2)N1. The molecule has 4 rings (SSSR count). The van der Waals surface area contributed by atoms with Crippen molar-refractivity contribution in [3.8, 4) is 0 Å². The molecule has 2 atom stereocenters. The number of pyridine rings is 1.